The highest BCUT2D eigenvalue weighted by Gasteiger charge is 2.45. The first-order valence-electron chi connectivity index (χ1n) is 8.43. The number of imidazole rings is 1. The summed E-state index contributed by atoms with van der Waals surface area (Å²) in [6, 6.07) is 7.54. The second kappa shape index (κ2) is 8.00. The summed E-state index contributed by atoms with van der Waals surface area (Å²) in [5.41, 5.74) is 6.29. The molecule has 2 amide bonds. The van der Waals surface area contributed by atoms with E-state index in [1.807, 2.05) is 30.3 Å². The van der Waals surface area contributed by atoms with Crippen molar-refractivity contribution in [3.63, 3.8) is 0 Å². The topological polar surface area (TPSA) is 128 Å². The molecule has 1 aliphatic heterocycles. The second-order valence-electron chi connectivity index (χ2n) is 6.15. The number of hydrogen-bond acceptors (Lipinski definition) is 6. The van der Waals surface area contributed by atoms with E-state index in [2.05, 4.69) is 9.97 Å². The Kier molecular flexibility index (Phi) is 5.51. The number of H-pyrrole nitrogens is 1. The third-order valence-corrected chi connectivity index (χ3v) is 4.32. The molecule has 27 heavy (non-hydrogen) atoms. The molecule has 142 valence electrons. The van der Waals surface area contributed by atoms with Crippen molar-refractivity contribution >= 4 is 17.8 Å². The fourth-order valence-electron chi connectivity index (χ4n) is 2.91. The summed E-state index contributed by atoms with van der Waals surface area (Å²) < 4.78 is 11.0. The lowest BCUT2D eigenvalue weighted by Crippen LogP contribution is -2.54. The minimum Gasteiger partial charge on any atom is -0.433 e. The minimum absolute atomic E-state index is 0.0317. The number of aromatic nitrogens is 2. The van der Waals surface area contributed by atoms with Crippen LogP contribution < -0.4 is 5.73 Å². The molecule has 0 radical (unpaired) electrons. The standard InChI is InChI=1S/C18H20N4O5/c1-11(15(19)24)22(17(25)16-20-7-8-21-16)13-9-14(23)27-18(13)26-10-12-5-3-2-4-6-12/h2-8,11,13,18H,9-10H2,1H3,(H2,19,24)(H,20,21)/t11-,13?,18?/m0/s1. The number of aromatic amines is 1. The van der Waals surface area contributed by atoms with Gasteiger partial charge in [-0.15, -0.1) is 0 Å². The van der Waals surface area contributed by atoms with Gasteiger partial charge in [-0.05, 0) is 12.5 Å². The predicted octanol–water partition coefficient (Wildman–Crippen LogP) is 0.584. The number of ether oxygens (including phenoxy) is 2. The van der Waals surface area contributed by atoms with Crippen LogP contribution in [0.25, 0.3) is 0 Å². The molecule has 0 spiro atoms. The maximum Gasteiger partial charge on any atom is 0.310 e. The highest BCUT2D eigenvalue weighted by atomic mass is 16.7. The minimum atomic E-state index is -1.02. The number of amides is 2. The summed E-state index contributed by atoms with van der Waals surface area (Å²) in [6.45, 7) is 1.67. The number of benzene rings is 1. The van der Waals surface area contributed by atoms with Gasteiger partial charge in [0.1, 0.15) is 12.1 Å². The van der Waals surface area contributed by atoms with Crippen LogP contribution in [-0.2, 0) is 25.7 Å². The molecular weight excluding hydrogens is 352 g/mol. The van der Waals surface area contributed by atoms with Crippen molar-refractivity contribution in [2.24, 2.45) is 5.73 Å². The Morgan fingerprint density at radius 2 is 2.15 bits per heavy atom. The Morgan fingerprint density at radius 3 is 2.78 bits per heavy atom. The Bertz CT molecular complexity index is 808. The van der Waals surface area contributed by atoms with E-state index in [9.17, 15) is 14.4 Å². The molecule has 1 saturated heterocycles. The summed E-state index contributed by atoms with van der Waals surface area (Å²) in [5, 5.41) is 0. The maximum atomic E-state index is 12.9. The molecule has 3 rings (SSSR count). The molecule has 0 saturated carbocycles. The molecule has 9 heteroatoms. The van der Waals surface area contributed by atoms with Crippen LogP contribution in [0.4, 0.5) is 0 Å². The molecule has 1 aliphatic rings. The van der Waals surface area contributed by atoms with Gasteiger partial charge in [0.2, 0.25) is 12.2 Å². The van der Waals surface area contributed by atoms with Crippen LogP contribution in [0.5, 0.6) is 0 Å². The van der Waals surface area contributed by atoms with Crippen LogP contribution in [-0.4, -0.2) is 51.0 Å². The number of carbonyl (C=O) groups is 3. The third kappa shape index (κ3) is 4.14. The van der Waals surface area contributed by atoms with E-state index in [4.69, 9.17) is 15.2 Å². The van der Waals surface area contributed by atoms with Gasteiger partial charge >= 0.3 is 5.97 Å². The van der Waals surface area contributed by atoms with Gasteiger partial charge in [-0.25, -0.2) is 4.98 Å². The van der Waals surface area contributed by atoms with Gasteiger partial charge in [0.15, 0.2) is 5.82 Å². The summed E-state index contributed by atoms with van der Waals surface area (Å²) in [7, 11) is 0. The summed E-state index contributed by atoms with van der Waals surface area (Å²) >= 11 is 0. The molecule has 9 nitrogen and oxygen atoms in total. The zero-order valence-electron chi connectivity index (χ0n) is 14.7. The lowest BCUT2D eigenvalue weighted by Gasteiger charge is -2.33. The van der Waals surface area contributed by atoms with Crippen molar-refractivity contribution < 1.29 is 23.9 Å². The molecule has 0 bridgehead atoms. The zero-order valence-corrected chi connectivity index (χ0v) is 14.7. The number of hydrogen-bond donors (Lipinski definition) is 2. The van der Waals surface area contributed by atoms with Crippen LogP contribution in [0.15, 0.2) is 42.7 Å². The first-order chi connectivity index (χ1) is 13.0. The van der Waals surface area contributed by atoms with Crippen LogP contribution in [0.1, 0.15) is 29.5 Å². The number of nitrogens with one attached hydrogen (secondary N) is 1. The van der Waals surface area contributed by atoms with E-state index in [1.165, 1.54) is 24.2 Å². The molecule has 3 atom stereocenters. The summed E-state index contributed by atoms with van der Waals surface area (Å²) in [6.07, 6.45) is 1.78. The zero-order chi connectivity index (χ0) is 19.4. The average Bonchev–Trinajstić information content (AvgIpc) is 3.31. The third-order valence-electron chi connectivity index (χ3n) is 4.32. The van der Waals surface area contributed by atoms with Crippen LogP contribution in [0, 0.1) is 0 Å². The van der Waals surface area contributed by atoms with E-state index in [-0.39, 0.29) is 18.9 Å². The highest BCUT2D eigenvalue weighted by molar-refractivity contribution is 5.95. The molecule has 2 unspecified atom stereocenters. The molecule has 3 N–H and O–H groups in total. The normalized spacial score (nSPS) is 20.1. The van der Waals surface area contributed by atoms with Gasteiger partial charge in [-0.3, -0.25) is 14.4 Å². The van der Waals surface area contributed by atoms with Crippen molar-refractivity contribution in [2.75, 3.05) is 0 Å². The first-order valence-corrected chi connectivity index (χ1v) is 8.43. The van der Waals surface area contributed by atoms with Crippen molar-refractivity contribution in [3.05, 3.63) is 54.1 Å². The number of rotatable bonds is 7. The largest absolute Gasteiger partial charge is 0.433 e. The smallest absolute Gasteiger partial charge is 0.310 e. The lowest BCUT2D eigenvalue weighted by atomic mass is 10.1. The number of esters is 1. The quantitative estimate of drug-likeness (QED) is 0.685. The molecule has 1 aromatic heterocycles. The fourth-order valence-corrected chi connectivity index (χ4v) is 2.91. The SMILES string of the molecule is C[C@@H](C(N)=O)N(C(=O)c1ncc[nH]1)C1CC(=O)OC1OCc1ccccc1. The lowest BCUT2D eigenvalue weighted by molar-refractivity contribution is -0.171. The number of cyclic esters (lactones) is 1. The van der Waals surface area contributed by atoms with E-state index >= 15 is 0 Å². The van der Waals surface area contributed by atoms with Crippen molar-refractivity contribution in [2.45, 2.75) is 38.3 Å². The first kappa shape index (κ1) is 18.6. The summed E-state index contributed by atoms with van der Waals surface area (Å²) in [4.78, 5) is 44.4. The van der Waals surface area contributed by atoms with Crippen LogP contribution >= 0.6 is 0 Å². The van der Waals surface area contributed by atoms with Gasteiger partial charge in [-0.1, -0.05) is 30.3 Å². The Hall–Kier alpha value is -3.20. The van der Waals surface area contributed by atoms with Crippen molar-refractivity contribution in [3.8, 4) is 0 Å². The maximum absolute atomic E-state index is 12.9. The Balaban J connectivity index is 1.83. The second-order valence-corrected chi connectivity index (χ2v) is 6.15. The number of primary amides is 1. The van der Waals surface area contributed by atoms with Crippen molar-refractivity contribution in [1.82, 2.24) is 14.9 Å². The number of nitrogens with two attached hydrogens (primary N) is 1. The van der Waals surface area contributed by atoms with Crippen LogP contribution in [0.3, 0.4) is 0 Å². The van der Waals surface area contributed by atoms with Gasteiger partial charge in [0, 0.05) is 12.4 Å². The highest BCUT2D eigenvalue weighted by Crippen LogP contribution is 2.26. The molecular formula is C18H20N4O5. The molecule has 1 aromatic carbocycles. The van der Waals surface area contributed by atoms with Gasteiger partial charge in [0.25, 0.3) is 5.91 Å². The Morgan fingerprint density at radius 1 is 1.41 bits per heavy atom. The molecule has 0 aliphatic carbocycles. The van der Waals surface area contributed by atoms with Gasteiger partial charge < -0.3 is 25.1 Å². The number of nitrogens with zero attached hydrogens (tertiary/aromatic N) is 2. The monoisotopic (exact) mass is 372 g/mol. The van der Waals surface area contributed by atoms with E-state index < -0.39 is 36.2 Å². The number of carbonyl (C=O) groups excluding carboxylic acids is 3. The predicted molar refractivity (Wildman–Crippen MR) is 92.9 cm³/mol. The van der Waals surface area contributed by atoms with E-state index in [1.54, 1.807) is 0 Å². The van der Waals surface area contributed by atoms with Crippen molar-refractivity contribution in [1.29, 1.82) is 0 Å². The molecule has 2 heterocycles. The van der Waals surface area contributed by atoms with E-state index in [0.717, 1.165) is 5.56 Å². The van der Waals surface area contributed by atoms with Crippen LogP contribution in [0.2, 0.25) is 0 Å². The van der Waals surface area contributed by atoms with Gasteiger partial charge in [0.05, 0.1) is 13.0 Å². The van der Waals surface area contributed by atoms with Gasteiger partial charge in [-0.2, -0.15) is 0 Å². The molecule has 1 fully saturated rings. The van der Waals surface area contributed by atoms with E-state index in [0.29, 0.717) is 0 Å². The fraction of sp³-hybridized carbons (Fsp3) is 0.333. The summed E-state index contributed by atoms with van der Waals surface area (Å²) in [5.74, 6) is -1.77. The Labute approximate surface area is 155 Å². The molecule has 2 aromatic rings. The average molecular weight is 372 g/mol.